The average Bonchev–Trinajstić information content (AvgIpc) is 3.15. The summed E-state index contributed by atoms with van der Waals surface area (Å²) in [6.45, 7) is 8.78. The molecule has 0 aliphatic carbocycles. The number of aromatic nitrogens is 3. The second-order valence-electron chi connectivity index (χ2n) is 7.28. The molecular weight excluding hydrogens is 451 g/mol. The number of hydrogen-bond donors (Lipinski definition) is 1. The van der Waals surface area contributed by atoms with E-state index in [0.717, 1.165) is 5.75 Å². The molecule has 0 atom stereocenters. The number of halogens is 2. The molecule has 1 amide bonds. The summed E-state index contributed by atoms with van der Waals surface area (Å²) in [5.74, 6) is 1.12. The fourth-order valence-corrected chi connectivity index (χ4v) is 3.79. The topological polar surface area (TPSA) is 69.0 Å². The molecule has 32 heavy (non-hydrogen) atoms. The quantitative estimate of drug-likeness (QED) is 0.302. The first-order valence-corrected chi connectivity index (χ1v) is 11.4. The predicted molar refractivity (Wildman–Crippen MR) is 126 cm³/mol. The van der Waals surface area contributed by atoms with E-state index in [1.54, 1.807) is 6.08 Å². The SMILES string of the molecule is C=CCn1c(COc2ccc(C(C)C)cc2)nnc1SCC(=O)Nc1ccc(F)c(Cl)c1. The van der Waals surface area contributed by atoms with E-state index in [9.17, 15) is 9.18 Å². The summed E-state index contributed by atoms with van der Waals surface area (Å²) in [4.78, 5) is 12.3. The van der Waals surface area contributed by atoms with E-state index in [1.807, 2.05) is 28.8 Å². The van der Waals surface area contributed by atoms with Crippen molar-refractivity contribution in [1.29, 1.82) is 0 Å². The molecule has 2 aromatic carbocycles. The van der Waals surface area contributed by atoms with Crippen molar-refractivity contribution >= 4 is 35.0 Å². The van der Waals surface area contributed by atoms with E-state index < -0.39 is 5.82 Å². The number of nitrogens with one attached hydrogen (secondary N) is 1. The van der Waals surface area contributed by atoms with Crippen LogP contribution in [-0.2, 0) is 17.9 Å². The monoisotopic (exact) mass is 474 g/mol. The van der Waals surface area contributed by atoms with Crippen molar-refractivity contribution in [2.75, 3.05) is 11.1 Å². The number of amides is 1. The third-order valence-corrected chi connectivity index (χ3v) is 5.81. The highest BCUT2D eigenvalue weighted by Gasteiger charge is 2.15. The van der Waals surface area contributed by atoms with Gasteiger partial charge in [0.15, 0.2) is 11.0 Å². The van der Waals surface area contributed by atoms with Gasteiger partial charge in [0, 0.05) is 12.2 Å². The fourth-order valence-electron chi connectivity index (χ4n) is 2.84. The molecule has 1 heterocycles. The Labute approximate surface area is 195 Å². The Morgan fingerprint density at radius 1 is 1.28 bits per heavy atom. The number of ether oxygens (including phenoxy) is 1. The van der Waals surface area contributed by atoms with Gasteiger partial charge in [-0.05, 0) is 41.8 Å². The van der Waals surface area contributed by atoms with Crippen LogP contribution in [0.2, 0.25) is 5.02 Å². The highest BCUT2D eigenvalue weighted by molar-refractivity contribution is 7.99. The molecule has 9 heteroatoms. The molecule has 0 fully saturated rings. The molecule has 0 spiro atoms. The van der Waals surface area contributed by atoms with E-state index >= 15 is 0 Å². The maximum absolute atomic E-state index is 13.3. The number of carbonyl (C=O) groups excluding carboxylic acids is 1. The van der Waals surface area contributed by atoms with Crippen molar-refractivity contribution in [2.24, 2.45) is 0 Å². The Kier molecular flexibility index (Phi) is 8.30. The van der Waals surface area contributed by atoms with E-state index in [1.165, 1.54) is 35.5 Å². The average molecular weight is 475 g/mol. The lowest BCUT2D eigenvalue weighted by Gasteiger charge is -2.10. The van der Waals surface area contributed by atoms with Gasteiger partial charge in [0.25, 0.3) is 0 Å². The number of allylic oxidation sites excluding steroid dienone is 1. The van der Waals surface area contributed by atoms with Gasteiger partial charge >= 0.3 is 0 Å². The highest BCUT2D eigenvalue weighted by atomic mass is 35.5. The van der Waals surface area contributed by atoms with Crippen LogP contribution in [0.25, 0.3) is 0 Å². The van der Waals surface area contributed by atoms with Gasteiger partial charge in [-0.2, -0.15) is 0 Å². The smallest absolute Gasteiger partial charge is 0.234 e. The molecular formula is C23H24ClFN4O2S. The molecule has 6 nitrogen and oxygen atoms in total. The summed E-state index contributed by atoms with van der Waals surface area (Å²) in [6.07, 6.45) is 1.73. The van der Waals surface area contributed by atoms with E-state index in [0.29, 0.717) is 29.1 Å². The zero-order valence-corrected chi connectivity index (χ0v) is 19.4. The maximum atomic E-state index is 13.3. The first kappa shape index (κ1) is 23.8. The predicted octanol–water partition coefficient (Wildman–Crippen LogP) is 5.69. The van der Waals surface area contributed by atoms with E-state index in [4.69, 9.17) is 16.3 Å². The Morgan fingerprint density at radius 3 is 2.69 bits per heavy atom. The van der Waals surface area contributed by atoms with Crippen LogP contribution < -0.4 is 10.1 Å². The van der Waals surface area contributed by atoms with Gasteiger partial charge in [0.2, 0.25) is 5.91 Å². The molecule has 0 bridgehead atoms. The van der Waals surface area contributed by atoms with Gasteiger partial charge in [0.1, 0.15) is 18.2 Å². The summed E-state index contributed by atoms with van der Waals surface area (Å²) in [5.41, 5.74) is 1.67. The van der Waals surface area contributed by atoms with Gasteiger partial charge in [0.05, 0.1) is 10.8 Å². The molecule has 3 aromatic rings. The standard InChI is InChI=1S/C23H24ClFN4O2S/c1-4-11-29-21(13-31-18-8-5-16(6-9-18)15(2)3)27-28-23(29)32-14-22(30)26-17-7-10-20(25)19(24)12-17/h4-10,12,15H,1,11,13-14H2,2-3H3,(H,26,30). The Hall–Kier alpha value is -2.84. The minimum Gasteiger partial charge on any atom is -0.486 e. The molecule has 168 valence electrons. The van der Waals surface area contributed by atoms with Crippen molar-refractivity contribution in [3.05, 3.63) is 77.3 Å². The third-order valence-electron chi connectivity index (χ3n) is 4.56. The number of thioether (sulfide) groups is 1. The van der Waals surface area contributed by atoms with Crippen LogP contribution in [0.3, 0.4) is 0 Å². The Balaban J connectivity index is 1.60. The van der Waals surface area contributed by atoms with Crippen molar-refractivity contribution in [3.8, 4) is 5.75 Å². The van der Waals surface area contributed by atoms with Crippen LogP contribution in [-0.4, -0.2) is 26.4 Å². The van der Waals surface area contributed by atoms with Crippen molar-refractivity contribution in [2.45, 2.75) is 38.1 Å². The molecule has 1 N–H and O–H groups in total. The normalized spacial score (nSPS) is 10.9. The maximum Gasteiger partial charge on any atom is 0.234 e. The van der Waals surface area contributed by atoms with Crippen molar-refractivity contribution < 1.29 is 13.9 Å². The molecule has 0 aliphatic heterocycles. The van der Waals surface area contributed by atoms with Crippen LogP contribution in [0.4, 0.5) is 10.1 Å². The largest absolute Gasteiger partial charge is 0.486 e. The van der Waals surface area contributed by atoms with Gasteiger partial charge in [-0.1, -0.05) is 55.4 Å². The zero-order chi connectivity index (χ0) is 23.1. The van der Waals surface area contributed by atoms with Crippen LogP contribution >= 0.6 is 23.4 Å². The second-order valence-corrected chi connectivity index (χ2v) is 8.63. The van der Waals surface area contributed by atoms with Crippen LogP contribution in [0.15, 0.2) is 60.3 Å². The molecule has 0 saturated carbocycles. The lowest BCUT2D eigenvalue weighted by atomic mass is 10.0. The van der Waals surface area contributed by atoms with E-state index in [-0.39, 0.29) is 23.3 Å². The molecule has 3 rings (SSSR count). The van der Waals surface area contributed by atoms with Crippen LogP contribution in [0.5, 0.6) is 5.75 Å². The molecule has 0 aliphatic rings. The molecule has 0 radical (unpaired) electrons. The number of nitrogens with zero attached hydrogens (tertiary/aromatic N) is 3. The summed E-state index contributed by atoms with van der Waals surface area (Å²) in [7, 11) is 0. The first-order valence-electron chi connectivity index (χ1n) is 10.0. The molecule has 0 saturated heterocycles. The molecule has 1 aromatic heterocycles. The summed E-state index contributed by atoms with van der Waals surface area (Å²) < 4.78 is 21.0. The van der Waals surface area contributed by atoms with Crippen molar-refractivity contribution in [1.82, 2.24) is 14.8 Å². The van der Waals surface area contributed by atoms with Crippen LogP contribution in [0.1, 0.15) is 31.2 Å². The number of hydrogen-bond acceptors (Lipinski definition) is 5. The lowest BCUT2D eigenvalue weighted by molar-refractivity contribution is -0.113. The number of rotatable bonds is 10. The summed E-state index contributed by atoms with van der Waals surface area (Å²) in [6, 6.07) is 12.0. The van der Waals surface area contributed by atoms with E-state index in [2.05, 4.69) is 35.9 Å². The Bertz CT molecular complexity index is 1090. The molecule has 0 unspecified atom stereocenters. The minimum absolute atomic E-state index is 0.0512. The van der Waals surface area contributed by atoms with Crippen molar-refractivity contribution in [3.63, 3.8) is 0 Å². The van der Waals surface area contributed by atoms with Gasteiger partial charge in [-0.15, -0.1) is 16.8 Å². The van der Waals surface area contributed by atoms with Gasteiger partial charge < -0.3 is 10.1 Å². The second kappa shape index (κ2) is 11.2. The highest BCUT2D eigenvalue weighted by Crippen LogP contribution is 2.22. The van der Waals surface area contributed by atoms with Gasteiger partial charge in [-0.25, -0.2) is 4.39 Å². The lowest BCUT2D eigenvalue weighted by Crippen LogP contribution is -2.15. The zero-order valence-electron chi connectivity index (χ0n) is 17.8. The summed E-state index contributed by atoms with van der Waals surface area (Å²) in [5, 5.41) is 11.6. The first-order chi connectivity index (χ1) is 15.4. The summed E-state index contributed by atoms with van der Waals surface area (Å²) >= 11 is 6.99. The minimum atomic E-state index is -0.540. The number of benzene rings is 2. The third kappa shape index (κ3) is 6.34. The fraction of sp³-hybridized carbons (Fsp3) is 0.261. The Morgan fingerprint density at radius 2 is 2.03 bits per heavy atom. The van der Waals surface area contributed by atoms with Gasteiger partial charge in [-0.3, -0.25) is 9.36 Å². The number of anilines is 1. The number of carbonyl (C=O) groups is 1. The van der Waals surface area contributed by atoms with Crippen LogP contribution in [0, 0.1) is 5.82 Å².